The molecule has 0 fully saturated rings. The third-order valence-corrected chi connectivity index (χ3v) is 2.48. The number of rotatable bonds is 4. The summed E-state index contributed by atoms with van der Waals surface area (Å²) in [5, 5.41) is 6.61. The number of hydrogen-bond acceptors (Lipinski definition) is 4. The van der Waals surface area contributed by atoms with Crippen molar-refractivity contribution in [3.05, 3.63) is 36.0 Å². The number of alkyl halides is 3. The molecule has 0 saturated heterocycles. The Kier molecular flexibility index (Phi) is 4.03. The van der Waals surface area contributed by atoms with Gasteiger partial charge in [-0.15, -0.1) is 0 Å². The maximum Gasteiger partial charge on any atom is 0.435 e. The molecule has 1 N–H and O–H groups in total. The van der Waals surface area contributed by atoms with Crippen molar-refractivity contribution in [1.82, 2.24) is 25.1 Å². The highest BCUT2D eigenvalue weighted by atomic mass is 19.4. The lowest BCUT2D eigenvalue weighted by molar-refractivity contribution is -0.141. The van der Waals surface area contributed by atoms with Crippen LogP contribution in [-0.2, 0) is 12.7 Å². The second-order valence-corrected chi connectivity index (χ2v) is 4.55. The van der Waals surface area contributed by atoms with E-state index in [-0.39, 0.29) is 11.9 Å². The predicted molar refractivity (Wildman–Crippen MR) is 66.1 cm³/mol. The minimum absolute atomic E-state index is 0.253. The Labute approximate surface area is 113 Å². The van der Waals surface area contributed by atoms with Crippen molar-refractivity contribution in [1.29, 1.82) is 0 Å². The zero-order valence-corrected chi connectivity index (χ0v) is 11.0. The Morgan fingerprint density at radius 3 is 2.65 bits per heavy atom. The predicted octanol–water partition coefficient (Wildman–Crippen LogP) is 2.18. The van der Waals surface area contributed by atoms with Crippen molar-refractivity contribution >= 4 is 0 Å². The standard InChI is InChI=1S/C12H14F3N5/c1-8(2)17-6-9-5-16-7-11(18-9)20-4-3-10(19-20)12(13,14)15/h3-5,7-8,17H,6H2,1-2H3. The molecule has 0 spiro atoms. The molecule has 0 aliphatic rings. The van der Waals surface area contributed by atoms with Crippen molar-refractivity contribution in [2.24, 2.45) is 0 Å². The van der Waals surface area contributed by atoms with Crippen LogP contribution in [0.4, 0.5) is 13.2 Å². The summed E-state index contributed by atoms with van der Waals surface area (Å²) < 4.78 is 38.5. The van der Waals surface area contributed by atoms with Gasteiger partial charge in [0.1, 0.15) is 0 Å². The van der Waals surface area contributed by atoms with Crippen LogP contribution < -0.4 is 5.32 Å². The molecule has 0 atom stereocenters. The largest absolute Gasteiger partial charge is 0.435 e. The molecule has 8 heteroatoms. The maximum atomic E-state index is 12.5. The van der Waals surface area contributed by atoms with Gasteiger partial charge < -0.3 is 5.32 Å². The van der Waals surface area contributed by atoms with Gasteiger partial charge in [0.05, 0.1) is 11.9 Å². The third-order valence-electron chi connectivity index (χ3n) is 2.48. The molecule has 5 nitrogen and oxygen atoms in total. The highest BCUT2D eigenvalue weighted by Crippen LogP contribution is 2.27. The molecule has 2 aromatic heterocycles. The molecule has 0 radical (unpaired) electrons. The fraction of sp³-hybridized carbons (Fsp3) is 0.417. The second kappa shape index (κ2) is 5.58. The van der Waals surface area contributed by atoms with Crippen molar-refractivity contribution in [2.45, 2.75) is 32.6 Å². The molecule has 20 heavy (non-hydrogen) atoms. The van der Waals surface area contributed by atoms with Gasteiger partial charge in [0, 0.05) is 25.0 Å². The summed E-state index contributed by atoms with van der Waals surface area (Å²) in [4.78, 5) is 8.18. The third kappa shape index (κ3) is 3.53. The minimum Gasteiger partial charge on any atom is -0.309 e. The first-order valence-electron chi connectivity index (χ1n) is 6.04. The van der Waals surface area contributed by atoms with Crippen LogP contribution in [0.1, 0.15) is 25.2 Å². The SMILES string of the molecule is CC(C)NCc1cncc(-n2ccc(C(F)(F)F)n2)n1. The molecule has 0 bridgehead atoms. The normalized spacial score (nSPS) is 12.1. The van der Waals surface area contributed by atoms with Crippen LogP contribution in [0.25, 0.3) is 5.82 Å². The first-order valence-corrected chi connectivity index (χ1v) is 6.04. The Hall–Kier alpha value is -1.96. The smallest absolute Gasteiger partial charge is 0.309 e. The zero-order valence-electron chi connectivity index (χ0n) is 11.0. The van der Waals surface area contributed by atoms with Gasteiger partial charge in [0.2, 0.25) is 0 Å². The lowest BCUT2D eigenvalue weighted by atomic mass is 10.3. The molecule has 0 aliphatic heterocycles. The Morgan fingerprint density at radius 1 is 1.30 bits per heavy atom. The van der Waals surface area contributed by atoms with Crippen LogP contribution in [0.15, 0.2) is 24.7 Å². The zero-order chi connectivity index (χ0) is 14.8. The number of nitrogens with one attached hydrogen (secondary N) is 1. The van der Waals surface area contributed by atoms with Crippen LogP contribution in [0, 0.1) is 0 Å². The fourth-order valence-corrected chi connectivity index (χ4v) is 1.50. The van der Waals surface area contributed by atoms with E-state index in [2.05, 4.69) is 20.4 Å². The molecular formula is C12H14F3N5. The molecule has 0 unspecified atom stereocenters. The van der Waals surface area contributed by atoms with E-state index >= 15 is 0 Å². The average Bonchev–Trinajstić information content (AvgIpc) is 2.86. The molecule has 2 aromatic rings. The topological polar surface area (TPSA) is 55.6 Å². The first kappa shape index (κ1) is 14.4. The average molecular weight is 285 g/mol. The summed E-state index contributed by atoms with van der Waals surface area (Å²) in [5.74, 6) is 0.253. The van der Waals surface area contributed by atoms with Gasteiger partial charge in [0.15, 0.2) is 11.5 Å². The van der Waals surface area contributed by atoms with Crippen molar-refractivity contribution in [2.75, 3.05) is 0 Å². The molecule has 0 saturated carbocycles. The molecular weight excluding hydrogens is 271 g/mol. The van der Waals surface area contributed by atoms with E-state index in [4.69, 9.17) is 0 Å². The Bertz CT molecular complexity index is 576. The van der Waals surface area contributed by atoms with Gasteiger partial charge >= 0.3 is 6.18 Å². The molecule has 2 rings (SSSR count). The summed E-state index contributed by atoms with van der Waals surface area (Å²) in [6.07, 6.45) is -0.318. The highest BCUT2D eigenvalue weighted by Gasteiger charge is 2.33. The minimum atomic E-state index is -4.46. The van der Waals surface area contributed by atoms with Crippen molar-refractivity contribution in [3.63, 3.8) is 0 Å². The summed E-state index contributed by atoms with van der Waals surface area (Å²) in [7, 11) is 0. The lowest BCUT2D eigenvalue weighted by Crippen LogP contribution is -2.22. The number of halogens is 3. The summed E-state index contributed by atoms with van der Waals surface area (Å²) >= 11 is 0. The van der Waals surface area contributed by atoms with E-state index in [0.717, 1.165) is 10.7 Å². The van der Waals surface area contributed by atoms with E-state index in [1.807, 2.05) is 13.8 Å². The van der Waals surface area contributed by atoms with Gasteiger partial charge in [-0.1, -0.05) is 13.8 Å². The van der Waals surface area contributed by atoms with Crippen molar-refractivity contribution in [3.8, 4) is 5.82 Å². The van der Waals surface area contributed by atoms with Crippen LogP contribution in [-0.4, -0.2) is 25.8 Å². The molecule has 0 aliphatic carbocycles. The van der Waals surface area contributed by atoms with Crippen LogP contribution >= 0.6 is 0 Å². The number of aromatic nitrogens is 4. The van der Waals surface area contributed by atoms with Gasteiger partial charge in [-0.05, 0) is 6.07 Å². The van der Waals surface area contributed by atoms with Crippen LogP contribution in [0.3, 0.4) is 0 Å². The van der Waals surface area contributed by atoms with E-state index in [9.17, 15) is 13.2 Å². The molecule has 2 heterocycles. The number of nitrogens with zero attached hydrogens (tertiary/aromatic N) is 4. The van der Waals surface area contributed by atoms with Crippen LogP contribution in [0.2, 0.25) is 0 Å². The van der Waals surface area contributed by atoms with E-state index in [1.54, 1.807) is 6.20 Å². The van der Waals surface area contributed by atoms with E-state index < -0.39 is 11.9 Å². The molecule has 108 valence electrons. The maximum absolute atomic E-state index is 12.5. The monoisotopic (exact) mass is 285 g/mol. The fourth-order valence-electron chi connectivity index (χ4n) is 1.50. The van der Waals surface area contributed by atoms with E-state index in [0.29, 0.717) is 12.2 Å². The van der Waals surface area contributed by atoms with Crippen LogP contribution in [0.5, 0.6) is 0 Å². The summed E-state index contributed by atoms with van der Waals surface area (Å²) in [5.41, 5.74) is -0.315. The van der Waals surface area contributed by atoms with E-state index in [1.165, 1.54) is 12.4 Å². The van der Waals surface area contributed by atoms with Gasteiger partial charge in [0.25, 0.3) is 0 Å². The molecule has 0 aromatic carbocycles. The first-order chi connectivity index (χ1) is 9.36. The lowest BCUT2D eigenvalue weighted by Gasteiger charge is -2.08. The quantitative estimate of drug-likeness (QED) is 0.935. The Balaban J connectivity index is 2.20. The van der Waals surface area contributed by atoms with Crippen molar-refractivity contribution < 1.29 is 13.2 Å². The summed E-state index contributed by atoms with van der Waals surface area (Å²) in [6, 6.07) is 1.18. The van der Waals surface area contributed by atoms with Gasteiger partial charge in [-0.25, -0.2) is 9.67 Å². The summed E-state index contributed by atoms with van der Waals surface area (Å²) in [6.45, 7) is 4.46. The molecule has 0 amide bonds. The number of hydrogen-bond donors (Lipinski definition) is 1. The van der Waals surface area contributed by atoms with Gasteiger partial charge in [-0.3, -0.25) is 4.98 Å². The Morgan fingerprint density at radius 2 is 2.05 bits per heavy atom. The highest BCUT2D eigenvalue weighted by molar-refractivity contribution is 5.20. The second-order valence-electron chi connectivity index (χ2n) is 4.55. The van der Waals surface area contributed by atoms with Gasteiger partial charge in [-0.2, -0.15) is 18.3 Å².